The molecule has 1 N–H and O–H groups in total. The van der Waals surface area contributed by atoms with E-state index in [1.807, 2.05) is 4.72 Å². The van der Waals surface area contributed by atoms with Crippen LogP contribution in [-0.2, 0) is 20.5 Å². The maximum atomic E-state index is 12.7. The zero-order chi connectivity index (χ0) is 14.6. The fourth-order valence-corrected chi connectivity index (χ4v) is 1.75. The Morgan fingerprint density at radius 3 is 2.17 bits per heavy atom. The number of carbonyl (C=O) groups is 1. The number of esters is 1. The Labute approximate surface area is 107 Å². The van der Waals surface area contributed by atoms with Gasteiger partial charge < -0.3 is 4.74 Å². The number of carbonyl (C=O) groups excluding carboxylic acids is 1. The Kier molecular flexibility index (Phi) is 6.28. The average molecular weight is 289 g/mol. The zero-order valence-corrected chi connectivity index (χ0v) is 11.6. The molecule has 0 aromatic carbocycles. The van der Waals surface area contributed by atoms with Gasteiger partial charge in [-0.3, -0.25) is 4.79 Å². The van der Waals surface area contributed by atoms with E-state index in [1.165, 1.54) is 27.7 Å². The van der Waals surface area contributed by atoms with Crippen molar-refractivity contribution >= 4 is 17.0 Å². The van der Waals surface area contributed by atoms with Crippen LogP contribution in [0, 0.1) is 0 Å². The third kappa shape index (κ3) is 6.34. The monoisotopic (exact) mass is 289 g/mol. The maximum absolute atomic E-state index is 12.7. The van der Waals surface area contributed by atoms with Crippen LogP contribution in [0.2, 0.25) is 0 Å². The molecule has 0 rings (SSSR count). The first-order valence-electron chi connectivity index (χ1n) is 5.39. The van der Waals surface area contributed by atoms with Crippen molar-refractivity contribution in [2.75, 3.05) is 6.61 Å². The van der Waals surface area contributed by atoms with E-state index in [4.69, 9.17) is 0 Å². The lowest BCUT2D eigenvalue weighted by Gasteiger charge is -2.25. The second kappa shape index (κ2) is 6.51. The molecule has 2 atom stereocenters. The van der Waals surface area contributed by atoms with E-state index in [0.717, 1.165) is 0 Å². The van der Waals surface area contributed by atoms with Crippen LogP contribution in [-0.4, -0.2) is 33.8 Å². The SMILES string of the molecule is CCOC(=O)C[C@H](N[S@@](=O)C(C)(C)C)C(F)(F)F. The number of hydrogen-bond donors (Lipinski definition) is 1. The smallest absolute Gasteiger partial charge is 0.405 e. The summed E-state index contributed by atoms with van der Waals surface area (Å²) >= 11 is 0. The lowest BCUT2D eigenvalue weighted by Crippen LogP contribution is -2.48. The van der Waals surface area contributed by atoms with E-state index in [0.29, 0.717) is 0 Å². The summed E-state index contributed by atoms with van der Waals surface area (Å²) in [6.07, 6.45) is -5.55. The van der Waals surface area contributed by atoms with E-state index < -0.39 is 40.3 Å². The molecular formula is C10H18F3NO3S. The largest absolute Gasteiger partial charge is 0.466 e. The second-order valence-corrected chi connectivity index (χ2v) is 6.60. The van der Waals surface area contributed by atoms with Crippen LogP contribution in [0.5, 0.6) is 0 Å². The molecule has 0 unspecified atom stereocenters. The summed E-state index contributed by atoms with van der Waals surface area (Å²) in [4.78, 5) is 11.1. The fourth-order valence-electron chi connectivity index (χ4n) is 0.917. The summed E-state index contributed by atoms with van der Waals surface area (Å²) in [5.41, 5.74) is 0. The summed E-state index contributed by atoms with van der Waals surface area (Å²) in [7, 11) is -1.91. The minimum atomic E-state index is -4.66. The van der Waals surface area contributed by atoms with Crippen LogP contribution in [0.4, 0.5) is 13.2 Å². The lowest BCUT2D eigenvalue weighted by atomic mass is 10.2. The molecule has 0 heterocycles. The minimum absolute atomic E-state index is 0.00572. The standard InChI is InChI=1S/C10H18F3NO3S/c1-5-17-8(15)6-7(10(11,12)13)14-18(16)9(2,3)4/h7,14H,5-6H2,1-4H3/t7-,18-/m0/s1. The van der Waals surface area contributed by atoms with Crippen LogP contribution in [0.3, 0.4) is 0 Å². The summed E-state index contributed by atoms with van der Waals surface area (Å²) in [5, 5.41) is 0. The highest BCUT2D eigenvalue weighted by Gasteiger charge is 2.43. The van der Waals surface area contributed by atoms with Gasteiger partial charge in [0.05, 0.1) is 28.8 Å². The van der Waals surface area contributed by atoms with E-state index in [1.54, 1.807) is 0 Å². The van der Waals surface area contributed by atoms with Gasteiger partial charge >= 0.3 is 12.1 Å². The van der Waals surface area contributed by atoms with E-state index in [2.05, 4.69) is 4.74 Å². The van der Waals surface area contributed by atoms with Gasteiger partial charge in [-0.2, -0.15) is 13.2 Å². The van der Waals surface area contributed by atoms with Gasteiger partial charge in [0.25, 0.3) is 0 Å². The molecule has 8 heteroatoms. The number of hydrogen-bond acceptors (Lipinski definition) is 3. The summed E-state index contributed by atoms with van der Waals surface area (Å²) in [6.45, 7) is 6.11. The van der Waals surface area contributed by atoms with Gasteiger partial charge in [0.2, 0.25) is 0 Å². The van der Waals surface area contributed by atoms with Crippen molar-refractivity contribution in [1.29, 1.82) is 0 Å². The van der Waals surface area contributed by atoms with Crippen molar-refractivity contribution in [3.63, 3.8) is 0 Å². The Morgan fingerprint density at radius 2 is 1.83 bits per heavy atom. The van der Waals surface area contributed by atoms with Gasteiger partial charge in [0.15, 0.2) is 0 Å². The highest BCUT2D eigenvalue weighted by Crippen LogP contribution is 2.24. The number of rotatable bonds is 5. The summed E-state index contributed by atoms with van der Waals surface area (Å²) in [5.74, 6) is -0.974. The van der Waals surface area contributed by atoms with Gasteiger partial charge in [-0.05, 0) is 27.7 Å². The third-order valence-electron chi connectivity index (χ3n) is 1.88. The van der Waals surface area contributed by atoms with Crippen LogP contribution < -0.4 is 4.72 Å². The predicted octanol–water partition coefficient (Wildman–Crippen LogP) is 1.92. The van der Waals surface area contributed by atoms with Crippen molar-refractivity contribution in [3.8, 4) is 0 Å². The maximum Gasteiger partial charge on any atom is 0.405 e. The first kappa shape index (κ1) is 17.4. The highest BCUT2D eigenvalue weighted by molar-refractivity contribution is 7.84. The molecule has 0 saturated heterocycles. The van der Waals surface area contributed by atoms with E-state index in [9.17, 15) is 22.2 Å². The molecule has 0 aliphatic carbocycles. The van der Waals surface area contributed by atoms with Gasteiger partial charge in [0, 0.05) is 0 Å². The van der Waals surface area contributed by atoms with Crippen LogP contribution >= 0.6 is 0 Å². The Morgan fingerprint density at radius 1 is 1.33 bits per heavy atom. The molecule has 108 valence electrons. The molecular weight excluding hydrogens is 271 g/mol. The topological polar surface area (TPSA) is 55.4 Å². The molecule has 0 aromatic heterocycles. The van der Waals surface area contributed by atoms with Crippen molar-refractivity contribution in [2.45, 2.75) is 51.1 Å². The van der Waals surface area contributed by atoms with E-state index >= 15 is 0 Å². The first-order valence-corrected chi connectivity index (χ1v) is 6.53. The third-order valence-corrected chi connectivity index (χ3v) is 3.49. The zero-order valence-electron chi connectivity index (χ0n) is 10.8. The predicted molar refractivity (Wildman–Crippen MR) is 62.1 cm³/mol. The number of alkyl halides is 3. The Bertz CT molecular complexity index is 312. The number of nitrogens with one attached hydrogen (secondary N) is 1. The Hall–Kier alpha value is -0.630. The quantitative estimate of drug-likeness (QED) is 0.787. The van der Waals surface area contributed by atoms with Gasteiger partial charge in [0.1, 0.15) is 6.04 Å². The van der Waals surface area contributed by atoms with Crippen molar-refractivity contribution in [2.24, 2.45) is 0 Å². The van der Waals surface area contributed by atoms with Crippen molar-refractivity contribution in [1.82, 2.24) is 4.72 Å². The molecule has 0 amide bonds. The first-order chi connectivity index (χ1) is 7.98. The molecule has 0 fully saturated rings. The second-order valence-electron chi connectivity index (χ2n) is 4.60. The molecule has 0 radical (unpaired) electrons. The molecule has 0 bridgehead atoms. The normalized spacial score (nSPS) is 16.2. The molecule has 0 spiro atoms. The van der Waals surface area contributed by atoms with Gasteiger partial charge in [-0.25, -0.2) is 8.93 Å². The fraction of sp³-hybridized carbons (Fsp3) is 0.900. The van der Waals surface area contributed by atoms with Crippen molar-refractivity contribution < 1.29 is 26.9 Å². The number of halogens is 3. The molecule has 0 aliphatic heterocycles. The van der Waals surface area contributed by atoms with Crippen LogP contribution in [0.1, 0.15) is 34.1 Å². The van der Waals surface area contributed by atoms with Gasteiger partial charge in [-0.15, -0.1) is 0 Å². The molecule has 0 saturated carbocycles. The lowest BCUT2D eigenvalue weighted by molar-refractivity contribution is -0.166. The molecule has 4 nitrogen and oxygen atoms in total. The number of ether oxygens (including phenoxy) is 1. The Balaban J connectivity index is 4.72. The summed E-state index contributed by atoms with van der Waals surface area (Å²) < 4.78 is 55.1. The van der Waals surface area contributed by atoms with Crippen LogP contribution in [0.25, 0.3) is 0 Å². The molecule has 0 aromatic rings. The van der Waals surface area contributed by atoms with Crippen LogP contribution in [0.15, 0.2) is 0 Å². The molecule has 0 aliphatic rings. The van der Waals surface area contributed by atoms with E-state index in [-0.39, 0.29) is 6.61 Å². The highest BCUT2D eigenvalue weighted by atomic mass is 32.2. The molecule has 18 heavy (non-hydrogen) atoms. The summed E-state index contributed by atoms with van der Waals surface area (Å²) in [6, 6.07) is -2.17. The van der Waals surface area contributed by atoms with Gasteiger partial charge in [-0.1, -0.05) is 0 Å². The average Bonchev–Trinajstić information content (AvgIpc) is 2.13. The van der Waals surface area contributed by atoms with Crippen molar-refractivity contribution in [3.05, 3.63) is 0 Å². The minimum Gasteiger partial charge on any atom is -0.466 e.